The van der Waals surface area contributed by atoms with E-state index >= 15 is 0 Å². The molecule has 2 aromatic rings. The summed E-state index contributed by atoms with van der Waals surface area (Å²) in [6.07, 6.45) is 5.13. The predicted octanol–water partition coefficient (Wildman–Crippen LogP) is 3.72. The van der Waals surface area contributed by atoms with Gasteiger partial charge >= 0.3 is 0 Å². The summed E-state index contributed by atoms with van der Waals surface area (Å²) in [5.41, 5.74) is 1.77. The van der Waals surface area contributed by atoms with Crippen molar-refractivity contribution in [2.24, 2.45) is 0 Å². The van der Waals surface area contributed by atoms with Crippen LogP contribution in [0.2, 0.25) is 0 Å². The number of hydrogen-bond acceptors (Lipinski definition) is 2. The van der Waals surface area contributed by atoms with Gasteiger partial charge in [0.2, 0.25) is 0 Å². The van der Waals surface area contributed by atoms with Gasteiger partial charge < -0.3 is 9.32 Å². The van der Waals surface area contributed by atoms with Crippen LogP contribution in [0.5, 0.6) is 0 Å². The average Bonchev–Trinajstić information content (AvgIpc) is 2.98. The Kier molecular flexibility index (Phi) is 4.78. The zero-order valence-corrected chi connectivity index (χ0v) is 11.2. The number of nitrogens with zero attached hydrogens (tertiary/aromatic N) is 1. The molecule has 0 aliphatic carbocycles. The lowest BCUT2D eigenvalue weighted by Crippen LogP contribution is -2.31. The van der Waals surface area contributed by atoms with Gasteiger partial charge in [-0.3, -0.25) is 4.79 Å². The quantitative estimate of drug-likeness (QED) is 0.790. The smallest absolute Gasteiger partial charge is 0.257 e. The molecule has 0 fully saturated rings. The van der Waals surface area contributed by atoms with Gasteiger partial charge in [-0.2, -0.15) is 0 Å². The lowest BCUT2D eigenvalue weighted by atomic mass is 10.2. The zero-order chi connectivity index (χ0) is 13.5. The van der Waals surface area contributed by atoms with Gasteiger partial charge in [0.25, 0.3) is 5.91 Å². The first kappa shape index (κ1) is 13.4. The molecule has 1 amide bonds. The molecule has 0 aliphatic rings. The summed E-state index contributed by atoms with van der Waals surface area (Å²) < 4.78 is 4.99. The van der Waals surface area contributed by atoms with Gasteiger partial charge in [0.05, 0.1) is 11.8 Å². The second-order valence-corrected chi connectivity index (χ2v) is 4.58. The average molecular weight is 257 g/mol. The number of benzene rings is 1. The number of furan rings is 1. The third-order valence-corrected chi connectivity index (χ3v) is 3.05. The zero-order valence-electron chi connectivity index (χ0n) is 11.2. The van der Waals surface area contributed by atoms with Crippen molar-refractivity contribution < 1.29 is 9.21 Å². The van der Waals surface area contributed by atoms with Gasteiger partial charge in [-0.15, -0.1) is 0 Å². The van der Waals surface area contributed by atoms with Gasteiger partial charge in [0, 0.05) is 13.1 Å². The van der Waals surface area contributed by atoms with Crippen LogP contribution < -0.4 is 0 Å². The van der Waals surface area contributed by atoms with Gasteiger partial charge in [-0.1, -0.05) is 43.7 Å². The Morgan fingerprint density at radius 3 is 2.63 bits per heavy atom. The van der Waals surface area contributed by atoms with Gasteiger partial charge in [-0.25, -0.2) is 0 Å². The molecule has 0 bridgehead atoms. The van der Waals surface area contributed by atoms with Crippen molar-refractivity contribution in [2.75, 3.05) is 6.54 Å². The second kappa shape index (κ2) is 6.78. The molecule has 1 heterocycles. The summed E-state index contributed by atoms with van der Waals surface area (Å²) in [7, 11) is 0. The van der Waals surface area contributed by atoms with Crippen LogP contribution in [-0.2, 0) is 6.54 Å². The molecule has 0 unspecified atom stereocenters. The van der Waals surface area contributed by atoms with Crippen LogP contribution in [0.4, 0.5) is 0 Å². The molecule has 0 radical (unpaired) electrons. The monoisotopic (exact) mass is 257 g/mol. The van der Waals surface area contributed by atoms with Gasteiger partial charge in [0.1, 0.15) is 6.26 Å². The molecule has 1 aromatic heterocycles. The number of carbonyl (C=O) groups excluding carboxylic acids is 1. The summed E-state index contributed by atoms with van der Waals surface area (Å²) in [5, 5.41) is 0. The molecule has 3 nitrogen and oxygen atoms in total. The Morgan fingerprint density at radius 2 is 2.00 bits per heavy atom. The molecule has 0 saturated heterocycles. The van der Waals surface area contributed by atoms with Crippen LogP contribution in [0.1, 0.15) is 35.7 Å². The maximum absolute atomic E-state index is 12.4. The number of unbranched alkanes of at least 4 members (excludes halogenated alkanes) is 1. The molecule has 100 valence electrons. The van der Waals surface area contributed by atoms with Gasteiger partial charge in [-0.05, 0) is 18.1 Å². The maximum atomic E-state index is 12.4. The van der Waals surface area contributed by atoms with Crippen molar-refractivity contribution >= 4 is 5.91 Å². The van der Waals surface area contributed by atoms with Crippen LogP contribution in [0.15, 0.2) is 53.3 Å². The van der Waals surface area contributed by atoms with E-state index < -0.39 is 0 Å². The number of amides is 1. The van der Waals surface area contributed by atoms with Crippen molar-refractivity contribution in [2.45, 2.75) is 26.3 Å². The third-order valence-electron chi connectivity index (χ3n) is 3.05. The Bertz CT molecular complexity index is 491. The summed E-state index contributed by atoms with van der Waals surface area (Å²) in [6, 6.07) is 11.8. The highest BCUT2D eigenvalue weighted by Crippen LogP contribution is 2.11. The summed E-state index contributed by atoms with van der Waals surface area (Å²) >= 11 is 0. The Labute approximate surface area is 113 Å². The Hall–Kier alpha value is -2.03. The first-order valence-electron chi connectivity index (χ1n) is 6.66. The Morgan fingerprint density at radius 1 is 1.21 bits per heavy atom. The Balaban J connectivity index is 2.09. The van der Waals surface area contributed by atoms with E-state index in [9.17, 15) is 4.79 Å². The van der Waals surface area contributed by atoms with E-state index in [-0.39, 0.29) is 5.91 Å². The summed E-state index contributed by atoms with van der Waals surface area (Å²) in [5.74, 6) is 0.0334. The highest BCUT2D eigenvalue weighted by molar-refractivity contribution is 5.93. The minimum atomic E-state index is 0.0334. The minimum absolute atomic E-state index is 0.0334. The first-order valence-corrected chi connectivity index (χ1v) is 6.66. The molecule has 1 aromatic carbocycles. The van der Waals surface area contributed by atoms with E-state index in [1.807, 2.05) is 35.2 Å². The molecule has 0 N–H and O–H groups in total. The SMILES string of the molecule is CCCCN(Cc1ccccc1)C(=O)c1ccoc1. The van der Waals surface area contributed by atoms with Crippen LogP contribution in [0, 0.1) is 0 Å². The van der Waals surface area contributed by atoms with Crippen LogP contribution in [0.3, 0.4) is 0 Å². The highest BCUT2D eigenvalue weighted by Gasteiger charge is 2.16. The molecular weight excluding hydrogens is 238 g/mol. The molecule has 0 aliphatic heterocycles. The fourth-order valence-corrected chi connectivity index (χ4v) is 1.97. The van der Waals surface area contributed by atoms with E-state index in [1.54, 1.807) is 6.07 Å². The van der Waals surface area contributed by atoms with Crippen molar-refractivity contribution in [1.82, 2.24) is 4.90 Å². The largest absolute Gasteiger partial charge is 0.472 e. The van der Waals surface area contributed by atoms with Crippen LogP contribution in [0.25, 0.3) is 0 Å². The second-order valence-electron chi connectivity index (χ2n) is 4.58. The molecule has 2 rings (SSSR count). The molecule has 19 heavy (non-hydrogen) atoms. The van der Waals surface area contributed by atoms with Crippen LogP contribution >= 0.6 is 0 Å². The van der Waals surface area contributed by atoms with Crippen molar-refractivity contribution in [3.8, 4) is 0 Å². The maximum Gasteiger partial charge on any atom is 0.257 e. The topological polar surface area (TPSA) is 33.5 Å². The van der Waals surface area contributed by atoms with Crippen molar-refractivity contribution in [1.29, 1.82) is 0 Å². The predicted molar refractivity (Wildman–Crippen MR) is 74.8 cm³/mol. The van der Waals surface area contributed by atoms with E-state index in [0.717, 1.165) is 24.9 Å². The molecule has 0 atom stereocenters. The normalized spacial score (nSPS) is 10.4. The molecule has 0 saturated carbocycles. The summed E-state index contributed by atoms with van der Waals surface area (Å²) in [6.45, 7) is 3.54. The van der Waals surface area contributed by atoms with Gasteiger partial charge in [0.15, 0.2) is 0 Å². The lowest BCUT2D eigenvalue weighted by molar-refractivity contribution is 0.0740. The first-order chi connectivity index (χ1) is 9.31. The summed E-state index contributed by atoms with van der Waals surface area (Å²) in [4.78, 5) is 14.3. The van der Waals surface area contributed by atoms with E-state index in [1.165, 1.54) is 12.5 Å². The molecule has 3 heteroatoms. The minimum Gasteiger partial charge on any atom is -0.472 e. The number of carbonyl (C=O) groups is 1. The van der Waals surface area contributed by atoms with E-state index in [4.69, 9.17) is 4.42 Å². The fraction of sp³-hybridized carbons (Fsp3) is 0.312. The van der Waals surface area contributed by atoms with Crippen molar-refractivity contribution in [3.05, 3.63) is 60.1 Å². The number of rotatable bonds is 6. The molecular formula is C16H19NO2. The standard InChI is InChI=1S/C16H19NO2/c1-2-3-10-17(12-14-7-5-4-6-8-14)16(18)15-9-11-19-13-15/h4-9,11,13H,2-3,10,12H2,1H3. The third kappa shape index (κ3) is 3.71. The van der Waals surface area contributed by atoms with Crippen LogP contribution in [-0.4, -0.2) is 17.4 Å². The van der Waals surface area contributed by atoms with E-state index in [0.29, 0.717) is 12.1 Å². The fourth-order valence-electron chi connectivity index (χ4n) is 1.97. The number of hydrogen-bond donors (Lipinski definition) is 0. The molecule has 0 spiro atoms. The lowest BCUT2D eigenvalue weighted by Gasteiger charge is -2.22. The van der Waals surface area contributed by atoms with Crippen molar-refractivity contribution in [3.63, 3.8) is 0 Å². The van der Waals surface area contributed by atoms with E-state index in [2.05, 4.69) is 6.92 Å². The highest BCUT2D eigenvalue weighted by atomic mass is 16.3.